The van der Waals surface area contributed by atoms with Crippen LogP contribution in [0, 0.1) is 16.7 Å². The second-order valence-corrected chi connectivity index (χ2v) is 7.60. The van der Waals surface area contributed by atoms with Gasteiger partial charge in [0.05, 0.1) is 0 Å². The molecular weight excluding hydrogens is 304 g/mol. The van der Waals surface area contributed by atoms with Gasteiger partial charge in [-0.1, -0.05) is 18.6 Å². The van der Waals surface area contributed by atoms with Crippen molar-refractivity contribution in [3.63, 3.8) is 0 Å². The normalized spacial score (nSPS) is 23.7. The van der Waals surface area contributed by atoms with Crippen LogP contribution in [0.15, 0.2) is 16.5 Å². The van der Waals surface area contributed by atoms with Crippen LogP contribution in [0.5, 0.6) is 0 Å². The molecule has 122 valence electrons. The van der Waals surface area contributed by atoms with Gasteiger partial charge < -0.3 is 15.4 Å². The molecule has 1 aromatic carbocycles. The first-order valence-electron chi connectivity index (χ1n) is 8.23. The zero-order valence-corrected chi connectivity index (χ0v) is 14.8. The van der Waals surface area contributed by atoms with E-state index in [9.17, 15) is 4.55 Å². The van der Waals surface area contributed by atoms with Gasteiger partial charge in [0.25, 0.3) is 0 Å². The lowest BCUT2D eigenvalue weighted by molar-refractivity contribution is 0.663. The molecule has 3 nitrogen and oxygen atoms in total. The molecule has 0 amide bonds. The zero-order chi connectivity index (χ0) is 16.7. The average Bonchev–Trinajstić information content (AvgIpc) is 3.31. The standard InChI is InChI=1S/C19H24N2OS/c1-10(13-4-5-13)6-16-17(9-20)19-14(8-18(16)23-22)11(2)7-15(19)12(3)21/h6,8-9,11,13,15,20-22H,4-5,7H2,1-3H3/b10-6+,20-9?,21-12?/t11-,15+/m0/s1. The van der Waals surface area contributed by atoms with E-state index in [0.717, 1.165) is 40.0 Å². The van der Waals surface area contributed by atoms with Crippen molar-refractivity contribution in [1.82, 2.24) is 0 Å². The molecule has 3 rings (SSSR count). The highest BCUT2D eigenvalue weighted by atomic mass is 32.2. The lowest BCUT2D eigenvalue weighted by Crippen LogP contribution is -2.08. The van der Waals surface area contributed by atoms with E-state index in [2.05, 4.69) is 26.0 Å². The molecule has 0 radical (unpaired) electrons. The number of rotatable bonds is 5. The Bertz CT molecular complexity index is 704. The Morgan fingerprint density at radius 2 is 2.00 bits per heavy atom. The molecule has 2 aliphatic rings. The summed E-state index contributed by atoms with van der Waals surface area (Å²) >= 11 is 0.775. The molecule has 1 aromatic rings. The average molecular weight is 328 g/mol. The fourth-order valence-electron chi connectivity index (χ4n) is 3.78. The highest BCUT2D eigenvalue weighted by Crippen LogP contribution is 2.47. The van der Waals surface area contributed by atoms with Gasteiger partial charge in [0.1, 0.15) is 0 Å². The summed E-state index contributed by atoms with van der Waals surface area (Å²) in [7, 11) is 0. The summed E-state index contributed by atoms with van der Waals surface area (Å²) in [5.41, 5.74) is 6.16. The van der Waals surface area contributed by atoms with Gasteiger partial charge in [-0.15, -0.1) is 0 Å². The summed E-state index contributed by atoms with van der Waals surface area (Å²) in [4.78, 5) is 0.831. The summed E-state index contributed by atoms with van der Waals surface area (Å²) in [5, 5.41) is 16.1. The Balaban J connectivity index is 2.23. The van der Waals surface area contributed by atoms with Crippen molar-refractivity contribution in [3.8, 4) is 0 Å². The van der Waals surface area contributed by atoms with Gasteiger partial charge in [0.2, 0.25) is 0 Å². The van der Waals surface area contributed by atoms with Crippen molar-refractivity contribution in [2.24, 2.45) is 5.92 Å². The van der Waals surface area contributed by atoms with Gasteiger partial charge in [0.15, 0.2) is 0 Å². The van der Waals surface area contributed by atoms with Crippen molar-refractivity contribution >= 4 is 30.0 Å². The van der Waals surface area contributed by atoms with Crippen LogP contribution in [0.3, 0.4) is 0 Å². The van der Waals surface area contributed by atoms with Gasteiger partial charge in [-0.25, -0.2) is 0 Å². The highest BCUT2D eigenvalue weighted by molar-refractivity contribution is 7.93. The maximum Gasteiger partial charge on any atom is 0.0432 e. The molecule has 0 bridgehead atoms. The largest absolute Gasteiger partial charge is 0.325 e. The molecule has 2 atom stereocenters. The highest BCUT2D eigenvalue weighted by Gasteiger charge is 2.34. The predicted octanol–water partition coefficient (Wildman–Crippen LogP) is 5.69. The van der Waals surface area contributed by atoms with Crippen LogP contribution in [-0.2, 0) is 0 Å². The van der Waals surface area contributed by atoms with E-state index in [0.29, 0.717) is 17.5 Å². The Morgan fingerprint density at radius 1 is 1.30 bits per heavy atom. The predicted molar refractivity (Wildman–Crippen MR) is 98.4 cm³/mol. The fourth-order valence-corrected chi connectivity index (χ4v) is 4.23. The van der Waals surface area contributed by atoms with Crippen molar-refractivity contribution in [3.05, 3.63) is 33.9 Å². The first-order chi connectivity index (χ1) is 11.0. The minimum absolute atomic E-state index is 0.0997. The van der Waals surface area contributed by atoms with E-state index in [4.69, 9.17) is 10.8 Å². The van der Waals surface area contributed by atoms with Crippen LogP contribution in [0.2, 0.25) is 0 Å². The second-order valence-electron chi connectivity index (χ2n) is 6.98. The third kappa shape index (κ3) is 2.90. The summed E-state index contributed by atoms with van der Waals surface area (Å²) in [5.74, 6) is 1.13. The van der Waals surface area contributed by atoms with Crippen LogP contribution < -0.4 is 0 Å². The molecule has 0 saturated heterocycles. The number of fused-ring (bicyclic) bond motifs is 1. The van der Waals surface area contributed by atoms with Crippen molar-refractivity contribution in [1.29, 1.82) is 10.8 Å². The van der Waals surface area contributed by atoms with E-state index in [1.807, 2.05) is 6.92 Å². The summed E-state index contributed by atoms with van der Waals surface area (Å²) < 4.78 is 9.77. The molecule has 0 aliphatic heterocycles. The smallest absolute Gasteiger partial charge is 0.0432 e. The molecule has 0 heterocycles. The number of hydrogen-bond acceptors (Lipinski definition) is 4. The van der Waals surface area contributed by atoms with Crippen LogP contribution >= 0.6 is 12.0 Å². The van der Waals surface area contributed by atoms with Gasteiger partial charge in [-0.05, 0) is 67.7 Å². The SMILES string of the molecule is CC(=N)[C@H]1C[C@H](C)c2cc(SO)c(/C=C(\C)C3CC3)c(C=N)c21. The van der Waals surface area contributed by atoms with Crippen LogP contribution in [0.1, 0.15) is 74.1 Å². The van der Waals surface area contributed by atoms with Crippen molar-refractivity contribution < 1.29 is 4.55 Å². The van der Waals surface area contributed by atoms with E-state index >= 15 is 0 Å². The first kappa shape index (κ1) is 16.5. The molecule has 3 N–H and O–H groups in total. The van der Waals surface area contributed by atoms with E-state index in [-0.39, 0.29) is 5.92 Å². The topological polar surface area (TPSA) is 67.9 Å². The number of benzene rings is 1. The Labute approximate surface area is 142 Å². The number of nitrogens with one attached hydrogen (secondary N) is 2. The van der Waals surface area contributed by atoms with E-state index < -0.39 is 0 Å². The Kier molecular flexibility index (Phi) is 4.47. The molecule has 4 heteroatoms. The second kappa shape index (κ2) is 6.25. The molecule has 2 aliphatic carbocycles. The molecule has 0 aromatic heterocycles. The van der Waals surface area contributed by atoms with E-state index in [1.54, 1.807) is 0 Å². The summed E-state index contributed by atoms with van der Waals surface area (Å²) in [6, 6.07) is 2.08. The minimum Gasteiger partial charge on any atom is -0.325 e. The van der Waals surface area contributed by atoms with Crippen LogP contribution in [0.25, 0.3) is 6.08 Å². The van der Waals surface area contributed by atoms with Gasteiger partial charge in [0, 0.05) is 40.3 Å². The molecule has 1 saturated carbocycles. The Morgan fingerprint density at radius 3 is 2.52 bits per heavy atom. The van der Waals surface area contributed by atoms with Crippen LogP contribution in [0.4, 0.5) is 0 Å². The maximum absolute atomic E-state index is 9.77. The minimum atomic E-state index is 0.0997. The molecule has 0 spiro atoms. The maximum atomic E-state index is 9.77. The molecule has 1 fully saturated rings. The number of hydrogen-bond donors (Lipinski definition) is 3. The van der Waals surface area contributed by atoms with Gasteiger partial charge in [-0.3, -0.25) is 0 Å². The summed E-state index contributed by atoms with van der Waals surface area (Å²) in [6.07, 6.45) is 6.98. The lowest BCUT2D eigenvalue weighted by Gasteiger charge is -2.18. The molecular formula is C19H24N2OS. The third-order valence-electron chi connectivity index (χ3n) is 5.27. The fraction of sp³-hybridized carbons (Fsp3) is 0.474. The van der Waals surface area contributed by atoms with Crippen LogP contribution in [-0.4, -0.2) is 16.5 Å². The van der Waals surface area contributed by atoms with Gasteiger partial charge >= 0.3 is 0 Å². The monoisotopic (exact) mass is 328 g/mol. The first-order valence-corrected chi connectivity index (χ1v) is 9.01. The zero-order valence-electron chi connectivity index (χ0n) is 13.9. The number of allylic oxidation sites excluding steroid dienone is 1. The van der Waals surface area contributed by atoms with Gasteiger partial charge in [-0.2, -0.15) is 0 Å². The third-order valence-corrected chi connectivity index (χ3v) is 5.81. The van der Waals surface area contributed by atoms with E-state index in [1.165, 1.54) is 30.2 Å². The molecule has 23 heavy (non-hydrogen) atoms. The van der Waals surface area contributed by atoms with Crippen molar-refractivity contribution in [2.75, 3.05) is 0 Å². The lowest BCUT2D eigenvalue weighted by atomic mass is 9.89. The summed E-state index contributed by atoms with van der Waals surface area (Å²) in [6.45, 7) is 6.18. The molecule has 0 unspecified atom stereocenters. The Hall–Kier alpha value is -1.39. The van der Waals surface area contributed by atoms with Crippen molar-refractivity contribution in [2.45, 2.75) is 56.8 Å². The quantitative estimate of drug-likeness (QED) is 0.480.